The van der Waals surface area contributed by atoms with Crippen molar-refractivity contribution in [2.24, 2.45) is 0 Å². The minimum atomic E-state index is 0.230. The number of methoxy groups -OCH3 is 1. The smallest absolute Gasteiger partial charge is 0.125 e. The van der Waals surface area contributed by atoms with Crippen LogP contribution in [0.5, 0.6) is 0 Å². The van der Waals surface area contributed by atoms with Crippen LogP contribution in [0.15, 0.2) is 30.3 Å². The molecule has 17 heavy (non-hydrogen) atoms. The second-order valence-corrected chi connectivity index (χ2v) is 5.02. The number of hydrogen-bond donors (Lipinski definition) is 1. The van der Waals surface area contributed by atoms with Crippen molar-refractivity contribution in [3.8, 4) is 10.6 Å². The van der Waals surface area contributed by atoms with E-state index >= 15 is 0 Å². The Labute approximate surface area is 105 Å². The average molecular weight is 248 g/mol. The summed E-state index contributed by atoms with van der Waals surface area (Å²) in [6.45, 7) is 2.71. The molecule has 0 amide bonds. The zero-order valence-corrected chi connectivity index (χ0v) is 10.8. The average Bonchev–Trinajstić information content (AvgIpc) is 2.73. The third-order valence-corrected chi connectivity index (χ3v) is 3.53. The molecule has 0 fully saturated rings. The summed E-state index contributed by atoms with van der Waals surface area (Å²) in [5.74, 6) is 0.230. The van der Waals surface area contributed by atoms with E-state index in [1.54, 1.807) is 7.11 Å². The predicted molar refractivity (Wildman–Crippen MR) is 72.3 cm³/mol. The molecule has 2 aromatic rings. The van der Waals surface area contributed by atoms with Gasteiger partial charge in [0.05, 0.1) is 12.3 Å². The molecule has 0 saturated carbocycles. The van der Waals surface area contributed by atoms with Gasteiger partial charge in [-0.15, -0.1) is 0 Å². The summed E-state index contributed by atoms with van der Waals surface area (Å²) in [5.41, 5.74) is 8.06. The lowest BCUT2D eigenvalue weighted by molar-refractivity contribution is 0.183. The predicted octanol–water partition coefficient (Wildman–Crippen LogP) is 3.14. The number of nitrogens with two attached hydrogens (primary N) is 1. The van der Waals surface area contributed by atoms with Crippen LogP contribution < -0.4 is 5.73 Å². The number of benzene rings is 1. The third kappa shape index (κ3) is 2.65. The third-order valence-electron chi connectivity index (χ3n) is 2.59. The number of rotatable bonds is 4. The summed E-state index contributed by atoms with van der Waals surface area (Å²) in [5, 5.41) is 1.76. The molecular formula is C13H16N2OS. The number of ether oxygens (including phenoxy) is 1. The van der Waals surface area contributed by atoms with Gasteiger partial charge >= 0.3 is 0 Å². The number of anilines is 1. The molecule has 3 nitrogen and oxygen atoms in total. The molecule has 0 spiro atoms. The highest BCUT2D eigenvalue weighted by Gasteiger charge is 2.15. The van der Waals surface area contributed by atoms with Gasteiger partial charge in [0.1, 0.15) is 10.0 Å². The normalized spacial score (nSPS) is 12.6. The van der Waals surface area contributed by atoms with Gasteiger partial charge in [-0.1, -0.05) is 48.6 Å². The van der Waals surface area contributed by atoms with Crippen molar-refractivity contribution in [3.63, 3.8) is 0 Å². The van der Waals surface area contributed by atoms with E-state index < -0.39 is 0 Å². The van der Waals surface area contributed by atoms with Crippen LogP contribution in [-0.4, -0.2) is 18.7 Å². The first-order chi connectivity index (χ1) is 8.22. The maximum absolute atomic E-state index is 6.01. The van der Waals surface area contributed by atoms with Gasteiger partial charge in [0.15, 0.2) is 0 Å². The largest absolute Gasteiger partial charge is 0.389 e. The Balaban J connectivity index is 2.31. The van der Waals surface area contributed by atoms with Gasteiger partial charge < -0.3 is 10.5 Å². The molecule has 0 saturated heterocycles. The van der Waals surface area contributed by atoms with Crippen molar-refractivity contribution >= 4 is 16.3 Å². The number of hydrogen-bond acceptors (Lipinski definition) is 4. The Morgan fingerprint density at radius 2 is 2.06 bits per heavy atom. The molecule has 0 aliphatic carbocycles. The summed E-state index contributed by atoms with van der Waals surface area (Å²) >= 11 is 1.53. The zero-order chi connectivity index (χ0) is 12.3. The topological polar surface area (TPSA) is 48.1 Å². The van der Waals surface area contributed by atoms with Crippen LogP contribution in [0.3, 0.4) is 0 Å². The molecule has 2 rings (SSSR count). The van der Waals surface area contributed by atoms with Crippen molar-refractivity contribution in [2.45, 2.75) is 12.8 Å². The van der Waals surface area contributed by atoms with E-state index in [0.29, 0.717) is 6.61 Å². The van der Waals surface area contributed by atoms with Crippen LogP contribution >= 0.6 is 11.3 Å². The zero-order valence-electron chi connectivity index (χ0n) is 10.0. The molecule has 1 unspecified atom stereocenters. The molecule has 1 aromatic heterocycles. The highest BCUT2D eigenvalue weighted by Crippen LogP contribution is 2.33. The first kappa shape index (κ1) is 12.1. The van der Waals surface area contributed by atoms with Gasteiger partial charge in [-0.25, -0.2) is 4.98 Å². The quantitative estimate of drug-likeness (QED) is 0.904. The van der Waals surface area contributed by atoms with Gasteiger partial charge in [-0.3, -0.25) is 0 Å². The molecule has 1 atom stereocenters. The van der Waals surface area contributed by atoms with E-state index in [0.717, 1.165) is 21.3 Å². The van der Waals surface area contributed by atoms with E-state index in [1.165, 1.54) is 11.3 Å². The van der Waals surface area contributed by atoms with Crippen molar-refractivity contribution in [1.29, 1.82) is 0 Å². The molecule has 0 aliphatic rings. The van der Waals surface area contributed by atoms with Crippen LogP contribution in [-0.2, 0) is 4.74 Å². The van der Waals surface area contributed by atoms with Crippen LogP contribution in [0.4, 0.5) is 5.00 Å². The summed E-state index contributed by atoms with van der Waals surface area (Å²) in [4.78, 5) is 4.61. The van der Waals surface area contributed by atoms with Crippen molar-refractivity contribution < 1.29 is 4.74 Å². The molecule has 0 radical (unpaired) electrons. The summed E-state index contributed by atoms with van der Waals surface area (Å²) in [6, 6.07) is 10.1. The lowest BCUT2D eigenvalue weighted by atomic mass is 10.1. The summed E-state index contributed by atoms with van der Waals surface area (Å²) in [6.07, 6.45) is 0. The lowest BCUT2D eigenvalue weighted by Crippen LogP contribution is -2.04. The Hall–Kier alpha value is -1.39. The molecule has 4 heteroatoms. The first-order valence-corrected chi connectivity index (χ1v) is 6.34. The molecule has 1 heterocycles. The monoisotopic (exact) mass is 248 g/mol. The second kappa shape index (κ2) is 5.29. The maximum Gasteiger partial charge on any atom is 0.125 e. The Kier molecular flexibility index (Phi) is 3.76. The number of aromatic nitrogens is 1. The van der Waals surface area contributed by atoms with Crippen LogP contribution in [0, 0.1) is 0 Å². The van der Waals surface area contributed by atoms with Gasteiger partial charge in [0, 0.05) is 18.6 Å². The minimum absolute atomic E-state index is 0.230. The number of nitrogens with zero attached hydrogens (tertiary/aromatic N) is 1. The fraction of sp³-hybridized carbons (Fsp3) is 0.308. The number of nitrogen functional groups attached to an aromatic ring is 1. The van der Waals surface area contributed by atoms with E-state index in [1.807, 2.05) is 30.3 Å². The van der Waals surface area contributed by atoms with Gasteiger partial charge in [-0.2, -0.15) is 0 Å². The van der Waals surface area contributed by atoms with Crippen molar-refractivity contribution in [2.75, 3.05) is 19.5 Å². The first-order valence-electron chi connectivity index (χ1n) is 5.53. The van der Waals surface area contributed by atoms with Crippen molar-refractivity contribution in [1.82, 2.24) is 4.98 Å². The Morgan fingerprint density at radius 3 is 2.71 bits per heavy atom. The molecule has 2 N–H and O–H groups in total. The Bertz CT molecular complexity index is 481. The Morgan fingerprint density at radius 1 is 1.35 bits per heavy atom. The summed E-state index contributed by atoms with van der Waals surface area (Å²) < 4.78 is 5.14. The van der Waals surface area contributed by atoms with E-state index in [9.17, 15) is 0 Å². The van der Waals surface area contributed by atoms with Crippen LogP contribution in [0.25, 0.3) is 10.6 Å². The molecular weight excluding hydrogens is 232 g/mol. The summed E-state index contributed by atoms with van der Waals surface area (Å²) in [7, 11) is 1.69. The molecule has 1 aromatic carbocycles. The standard InChI is InChI=1S/C13H16N2OS/c1-9(8-16-2)11-12(14)17-13(15-11)10-6-4-3-5-7-10/h3-7,9H,8,14H2,1-2H3. The van der Waals surface area contributed by atoms with Crippen LogP contribution in [0.2, 0.25) is 0 Å². The number of thiazole rings is 1. The second-order valence-electron chi connectivity index (χ2n) is 3.99. The van der Waals surface area contributed by atoms with Gasteiger partial charge in [0.2, 0.25) is 0 Å². The molecule has 0 aliphatic heterocycles. The van der Waals surface area contributed by atoms with E-state index in [4.69, 9.17) is 10.5 Å². The molecule has 0 bridgehead atoms. The highest BCUT2D eigenvalue weighted by molar-refractivity contribution is 7.18. The SMILES string of the molecule is COCC(C)c1nc(-c2ccccc2)sc1N. The van der Waals surface area contributed by atoms with Gasteiger partial charge in [-0.05, 0) is 0 Å². The fourth-order valence-corrected chi connectivity index (χ4v) is 2.69. The van der Waals surface area contributed by atoms with E-state index in [2.05, 4.69) is 11.9 Å². The highest BCUT2D eigenvalue weighted by atomic mass is 32.1. The molecule has 90 valence electrons. The van der Waals surface area contributed by atoms with Crippen molar-refractivity contribution in [3.05, 3.63) is 36.0 Å². The van der Waals surface area contributed by atoms with Gasteiger partial charge in [0.25, 0.3) is 0 Å². The van der Waals surface area contributed by atoms with Crippen LogP contribution in [0.1, 0.15) is 18.5 Å². The lowest BCUT2D eigenvalue weighted by Gasteiger charge is -2.07. The fourth-order valence-electron chi connectivity index (χ4n) is 1.73. The van der Waals surface area contributed by atoms with E-state index in [-0.39, 0.29) is 5.92 Å². The maximum atomic E-state index is 6.01. The minimum Gasteiger partial charge on any atom is -0.389 e.